The van der Waals surface area contributed by atoms with Crippen molar-refractivity contribution < 1.29 is 23.0 Å². The van der Waals surface area contributed by atoms with Crippen LogP contribution in [0.2, 0.25) is 0 Å². The minimum atomic E-state index is -0.809. The van der Waals surface area contributed by atoms with E-state index in [1.165, 1.54) is 26.4 Å². The second-order valence-corrected chi connectivity index (χ2v) is 4.87. The predicted octanol–water partition coefficient (Wildman–Crippen LogP) is 3.83. The van der Waals surface area contributed by atoms with Gasteiger partial charge in [0.2, 0.25) is 5.78 Å². The smallest absolute Gasteiger partial charge is 0.206 e. The fourth-order valence-corrected chi connectivity index (χ4v) is 2.40. The van der Waals surface area contributed by atoms with Crippen molar-refractivity contribution in [3.8, 4) is 11.5 Å². The largest absolute Gasteiger partial charge is 0.496 e. The molecule has 5 heteroatoms. The van der Waals surface area contributed by atoms with Crippen LogP contribution in [0, 0.1) is 25.5 Å². The van der Waals surface area contributed by atoms with Crippen molar-refractivity contribution >= 4 is 5.78 Å². The molecule has 0 bridgehead atoms. The minimum Gasteiger partial charge on any atom is -0.496 e. The average molecular weight is 306 g/mol. The number of hydrogen-bond donors (Lipinski definition) is 0. The lowest BCUT2D eigenvalue weighted by Gasteiger charge is -2.15. The van der Waals surface area contributed by atoms with Gasteiger partial charge in [-0.05, 0) is 37.1 Å². The molecule has 0 aliphatic carbocycles. The Morgan fingerprint density at radius 3 is 1.50 bits per heavy atom. The van der Waals surface area contributed by atoms with E-state index in [9.17, 15) is 13.6 Å². The Balaban J connectivity index is 2.74. The predicted molar refractivity (Wildman–Crippen MR) is 78.8 cm³/mol. The molecule has 0 heterocycles. The van der Waals surface area contributed by atoms with E-state index in [4.69, 9.17) is 9.47 Å². The third-order valence-corrected chi connectivity index (χ3v) is 3.47. The Morgan fingerprint density at radius 1 is 0.818 bits per heavy atom. The number of methoxy groups -OCH3 is 2. The molecule has 0 amide bonds. The molecule has 116 valence electrons. The van der Waals surface area contributed by atoms with Crippen molar-refractivity contribution in [3.05, 3.63) is 58.2 Å². The highest BCUT2D eigenvalue weighted by Gasteiger charge is 2.27. The quantitative estimate of drug-likeness (QED) is 0.805. The van der Waals surface area contributed by atoms with Gasteiger partial charge in [0.15, 0.2) is 0 Å². The molecule has 2 aromatic rings. The molecular formula is C17H16F2O3. The first-order chi connectivity index (χ1) is 10.4. The summed E-state index contributed by atoms with van der Waals surface area (Å²) in [6, 6.07) is 5.31. The first-order valence-electron chi connectivity index (χ1n) is 6.63. The molecule has 0 saturated heterocycles. The van der Waals surface area contributed by atoms with E-state index in [1.54, 1.807) is 13.8 Å². The minimum absolute atomic E-state index is 0.0907. The second kappa shape index (κ2) is 6.13. The third-order valence-electron chi connectivity index (χ3n) is 3.47. The van der Waals surface area contributed by atoms with E-state index in [-0.39, 0.29) is 22.6 Å². The summed E-state index contributed by atoms with van der Waals surface area (Å²) in [5.41, 5.74) is 0.564. The summed E-state index contributed by atoms with van der Waals surface area (Å²) < 4.78 is 38.6. The lowest BCUT2D eigenvalue weighted by Crippen LogP contribution is -2.12. The zero-order chi connectivity index (χ0) is 16.4. The fraction of sp³-hybridized carbons (Fsp3) is 0.235. The van der Waals surface area contributed by atoms with Crippen molar-refractivity contribution in [2.24, 2.45) is 0 Å². The molecular weight excluding hydrogens is 290 g/mol. The molecule has 2 rings (SSSR count). The third kappa shape index (κ3) is 2.54. The van der Waals surface area contributed by atoms with Crippen molar-refractivity contribution in [3.63, 3.8) is 0 Å². The molecule has 0 N–H and O–H groups in total. The van der Waals surface area contributed by atoms with E-state index in [0.29, 0.717) is 11.1 Å². The molecule has 0 fully saturated rings. The molecule has 22 heavy (non-hydrogen) atoms. The molecule has 0 spiro atoms. The summed E-state index contributed by atoms with van der Waals surface area (Å²) in [5, 5.41) is 0. The zero-order valence-electron chi connectivity index (χ0n) is 12.8. The van der Waals surface area contributed by atoms with Crippen LogP contribution in [0.3, 0.4) is 0 Å². The fourth-order valence-electron chi connectivity index (χ4n) is 2.40. The van der Waals surface area contributed by atoms with Gasteiger partial charge in [-0.3, -0.25) is 4.79 Å². The highest BCUT2D eigenvalue weighted by molar-refractivity contribution is 6.13. The van der Waals surface area contributed by atoms with Gasteiger partial charge in [0, 0.05) is 0 Å². The number of rotatable bonds is 4. The molecule has 3 nitrogen and oxygen atoms in total. The number of ketones is 1. The van der Waals surface area contributed by atoms with Crippen molar-refractivity contribution in [2.45, 2.75) is 13.8 Å². The molecule has 2 aromatic carbocycles. The van der Waals surface area contributed by atoms with Gasteiger partial charge in [-0.2, -0.15) is 0 Å². The Bertz CT molecular complexity index is 678. The molecule has 0 atom stereocenters. The number of carbonyl (C=O) groups excluding carboxylic acids is 1. The maximum atomic E-state index is 14.2. The molecule has 0 saturated carbocycles. The second-order valence-electron chi connectivity index (χ2n) is 4.87. The van der Waals surface area contributed by atoms with E-state index in [1.807, 2.05) is 0 Å². The number of carbonyl (C=O) groups is 1. The maximum absolute atomic E-state index is 14.2. The van der Waals surface area contributed by atoms with Crippen LogP contribution in [0.25, 0.3) is 0 Å². The van der Waals surface area contributed by atoms with Gasteiger partial charge in [-0.25, -0.2) is 8.78 Å². The van der Waals surface area contributed by atoms with Crippen LogP contribution in [-0.4, -0.2) is 20.0 Å². The summed E-state index contributed by atoms with van der Waals surface area (Å²) in [4.78, 5) is 12.7. The highest BCUT2D eigenvalue weighted by Crippen LogP contribution is 2.33. The van der Waals surface area contributed by atoms with E-state index in [2.05, 4.69) is 0 Å². The number of benzene rings is 2. The van der Waals surface area contributed by atoms with Gasteiger partial charge < -0.3 is 9.47 Å². The number of hydrogen-bond acceptors (Lipinski definition) is 3. The maximum Gasteiger partial charge on any atom is 0.206 e. The summed E-state index contributed by atoms with van der Waals surface area (Å²) in [7, 11) is 2.67. The van der Waals surface area contributed by atoms with Gasteiger partial charge >= 0.3 is 0 Å². The number of ether oxygens (including phenoxy) is 2. The van der Waals surface area contributed by atoms with Crippen LogP contribution in [0.1, 0.15) is 27.0 Å². The van der Waals surface area contributed by atoms with Crippen LogP contribution < -0.4 is 9.47 Å². The lowest BCUT2D eigenvalue weighted by atomic mass is 9.97. The van der Waals surface area contributed by atoms with Gasteiger partial charge in [0.25, 0.3) is 0 Å². The lowest BCUT2D eigenvalue weighted by molar-refractivity contribution is 0.102. The summed E-state index contributed by atoms with van der Waals surface area (Å²) in [6.07, 6.45) is 0. The molecule has 0 radical (unpaired) electrons. The normalized spacial score (nSPS) is 10.5. The van der Waals surface area contributed by atoms with Crippen LogP contribution in [0.4, 0.5) is 8.78 Å². The summed E-state index contributed by atoms with van der Waals surface area (Å²) >= 11 is 0. The zero-order valence-corrected chi connectivity index (χ0v) is 12.8. The summed E-state index contributed by atoms with van der Waals surface area (Å²) in [5.74, 6) is -2.16. The van der Waals surface area contributed by atoms with Crippen LogP contribution in [0.5, 0.6) is 11.5 Å². The van der Waals surface area contributed by atoms with Crippen molar-refractivity contribution in [2.75, 3.05) is 14.2 Å². The Hall–Kier alpha value is -2.43. The molecule has 0 unspecified atom stereocenters. The van der Waals surface area contributed by atoms with Gasteiger partial charge in [0.05, 0.1) is 14.2 Å². The van der Waals surface area contributed by atoms with E-state index < -0.39 is 17.4 Å². The van der Waals surface area contributed by atoms with Crippen molar-refractivity contribution in [1.29, 1.82) is 0 Å². The van der Waals surface area contributed by atoms with Crippen LogP contribution in [-0.2, 0) is 0 Å². The molecule has 0 aliphatic rings. The Labute approximate surface area is 127 Å². The van der Waals surface area contributed by atoms with E-state index >= 15 is 0 Å². The summed E-state index contributed by atoms with van der Waals surface area (Å²) in [6.45, 7) is 3.36. The number of halogens is 2. The first kappa shape index (κ1) is 15.9. The van der Waals surface area contributed by atoms with Gasteiger partial charge in [-0.15, -0.1) is 0 Å². The molecule has 0 aromatic heterocycles. The highest BCUT2D eigenvalue weighted by atomic mass is 19.1. The van der Waals surface area contributed by atoms with Crippen LogP contribution in [0.15, 0.2) is 24.3 Å². The van der Waals surface area contributed by atoms with Crippen molar-refractivity contribution in [1.82, 2.24) is 0 Å². The monoisotopic (exact) mass is 306 g/mol. The average Bonchev–Trinajstić information content (AvgIpc) is 2.50. The topological polar surface area (TPSA) is 35.5 Å². The standard InChI is InChI=1S/C17H16F2O3/c1-9-5-7-11(18)13(16(9)21-3)15(20)14-12(19)8-6-10(2)17(14)22-4/h5-8H,1-4H3. The van der Waals surface area contributed by atoms with Crippen LogP contribution >= 0.6 is 0 Å². The SMILES string of the molecule is COc1c(C)ccc(F)c1C(=O)c1c(F)ccc(C)c1OC. The Morgan fingerprint density at radius 2 is 1.18 bits per heavy atom. The molecule has 0 aliphatic heterocycles. The van der Waals surface area contributed by atoms with Gasteiger partial charge in [0.1, 0.15) is 34.3 Å². The number of aryl methyl sites for hydroxylation is 2. The van der Waals surface area contributed by atoms with E-state index in [0.717, 1.165) is 12.1 Å². The Kier molecular flexibility index (Phi) is 4.45. The van der Waals surface area contributed by atoms with Gasteiger partial charge in [-0.1, -0.05) is 12.1 Å². The first-order valence-corrected chi connectivity index (χ1v) is 6.63.